The first-order valence-corrected chi connectivity index (χ1v) is 9.56. The average Bonchev–Trinajstić information content (AvgIpc) is 2.49. The molecule has 2 N–H and O–H groups in total. The number of carbonyl (C=O) groups excluding carboxylic acids is 1. The summed E-state index contributed by atoms with van der Waals surface area (Å²) >= 11 is 6.05. The van der Waals surface area contributed by atoms with Gasteiger partial charge >= 0.3 is 0 Å². The van der Waals surface area contributed by atoms with Crippen molar-refractivity contribution in [2.45, 2.75) is 38.1 Å². The standard InChI is InChI=1S/C18H21ClN2O3S/c1-12-15(19)9-6-10-16(12)20-17(22)13-7-5-8-14(11-13)25(23,24)21-18(2,3)4/h5-11,21H,1-4H3,(H,20,22). The number of amides is 1. The Balaban J connectivity index is 2.29. The summed E-state index contributed by atoms with van der Waals surface area (Å²) in [5, 5.41) is 3.30. The molecule has 0 heterocycles. The van der Waals surface area contributed by atoms with Crippen molar-refractivity contribution in [2.75, 3.05) is 5.32 Å². The number of benzene rings is 2. The number of sulfonamides is 1. The van der Waals surface area contributed by atoms with Crippen molar-refractivity contribution in [3.05, 3.63) is 58.6 Å². The van der Waals surface area contributed by atoms with E-state index in [4.69, 9.17) is 11.6 Å². The highest BCUT2D eigenvalue weighted by Crippen LogP contribution is 2.24. The van der Waals surface area contributed by atoms with E-state index in [1.807, 2.05) is 0 Å². The predicted molar refractivity (Wildman–Crippen MR) is 101 cm³/mol. The van der Waals surface area contributed by atoms with Gasteiger partial charge in [-0.25, -0.2) is 13.1 Å². The predicted octanol–water partition coefficient (Wildman–Crippen LogP) is 3.98. The van der Waals surface area contributed by atoms with E-state index in [1.54, 1.807) is 52.0 Å². The smallest absolute Gasteiger partial charge is 0.255 e. The molecule has 25 heavy (non-hydrogen) atoms. The van der Waals surface area contributed by atoms with Crippen molar-refractivity contribution in [2.24, 2.45) is 0 Å². The lowest BCUT2D eigenvalue weighted by Crippen LogP contribution is -2.40. The molecule has 0 atom stereocenters. The maximum atomic E-state index is 12.5. The quantitative estimate of drug-likeness (QED) is 0.842. The third-order valence-corrected chi connectivity index (χ3v) is 5.53. The molecule has 0 aliphatic carbocycles. The van der Waals surface area contributed by atoms with Gasteiger partial charge in [0, 0.05) is 21.8 Å². The van der Waals surface area contributed by atoms with Gasteiger partial charge in [-0.05, 0) is 63.6 Å². The topological polar surface area (TPSA) is 75.3 Å². The zero-order valence-electron chi connectivity index (χ0n) is 14.6. The fourth-order valence-corrected chi connectivity index (χ4v) is 3.84. The molecule has 1 amide bonds. The summed E-state index contributed by atoms with van der Waals surface area (Å²) in [7, 11) is -3.71. The summed E-state index contributed by atoms with van der Waals surface area (Å²) in [6.45, 7) is 7.06. The van der Waals surface area contributed by atoms with Gasteiger partial charge in [0.05, 0.1) is 4.90 Å². The molecule has 0 unspecified atom stereocenters. The van der Waals surface area contributed by atoms with Gasteiger partial charge in [0.1, 0.15) is 0 Å². The molecule has 2 aromatic carbocycles. The largest absolute Gasteiger partial charge is 0.322 e. The Morgan fingerprint density at radius 1 is 1.08 bits per heavy atom. The molecule has 0 saturated heterocycles. The van der Waals surface area contributed by atoms with Crippen molar-refractivity contribution in [1.29, 1.82) is 0 Å². The first kappa shape index (κ1) is 19.4. The van der Waals surface area contributed by atoms with Crippen molar-refractivity contribution < 1.29 is 13.2 Å². The summed E-state index contributed by atoms with van der Waals surface area (Å²) < 4.78 is 27.4. The summed E-state index contributed by atoms with van der Waals surface area (Å²) in [5.74, 6) is -0.404. The van der Waals surface area contributed by atoms with E-state index in [2.05, 4.69) is 10.0 Å². The van der Waals surface area contributed by atoms with Gasteiger partial charge in [0.2, 0.25) is 10.0 Å². The van der Waals surface area contributed by atoms with Crippen LogP contribution in [0.4, 0.5) is 5.69 Å². The molecule has 0 fully saturated rings. The van der Waals surface area contributed by atoms with E-state index in [9.17, 15) is 13.2 Å². The lowest BCUT2D eigenvalue weighted by atomic mass is 10.1. The fraction of sp³-hybridized carbons (Fsp3) is 0.278. The zero-order valence-corrected chi connectivity index (χ0v) is 16.1. The van der Waals surface area contributed by atoms with Gasteiger partial charge < -0.3 is 5.32 Å². The SMILES string of the molecule is Cc1c(Cl)cccc1NC(=O)c1cccc(S(=O)(=O)NC(C)(C)C)c1. The molecule has 7 heteroatoms. The molecule has 0 radical (unpaired) electrons. The highest BCUT2D eigenvalue weighted by atomic mass is 35.5. The van der Waals surface area contributed by atoms with Gasteiger partial charge in [0.15, 0.2) is 0 Å². The summed E-state index contributed by atoms with van der Waals surface area (Å²) in [4.78, 5) is 12.5. The highest BCUT2D eigenvalue weighted by Gasteiger charge is 2.22. The molecule has 134 valence electrons. The summed E-state index contributed by atoms with van der Waals surface area (Å²) in [6.07, 6.45) is 0. The zero-order chi connectivity index (χ0) is 18.8. The molecule has 0 bridgehead atoms. The van der Waals surface area contributed by atoms with E-state index in [-0.39, 0.29) is 10.5 Å². The Hall–Kier alpha value is -1.89. The second kappa shape index (κ2) is 7.15. The van der Waals surface area contributed by atoms with E-state index in [0.717, 1.165) is 5.56 Å². The van der Waals surface area contributed by atoms with Crippen LogP contribution in [0.15, 0.2) is 47.4 Å². The first-order valence-electron chi connectivity index (χ1n) is 7.70. The number of carbonyl (C=O) groups is 1. The Bertz CT molecular complexity index is 903. The highest BCUT2D eigenvalue weighted by molar-refractivity contribution is 7.89. The third-order valence-electron chi connectivity index (χ3n) is 3.36. The minimum atomic E-state index is -3.71. The van der Waals surface area contributed by atoms with Crippen LogP contribution in [0.5, 0.6) is 0 Å². The van der Waals surface area contributed by atoms with Gasteiger partial charge in [-0.3, -0.25) is 4.79 Å². The molecule has 0 spiro atoms. The van der Waals surface area contributed by atoms with Crippen LogP contribution in [0.25, 0.3) is 0 Å². The second-order valence-corrected chi connectivity index (χ2v) is 8.84. The second-order valence-electron chi connectivity index (χ2n) is 6.75. The lowest BCUT2D eigenvalue weighted by molar-refractivity contribution is 0.102. The lowest BCUT2D eigenvalue weighted by Gasteiger charge is -2.20. The Morgan fingerprint density at radius 3 is 2.36 bits per heavy atom. The minimum Gasteiger partial charge on any atom is -0.322 e. The molecule has 0 aliphatic rings. The van der Waals surface area contributed by atoms with Crippen molar-refractivity contribution in [3.8, 4) is 0 Å². The van der Waals surface area contributed by atoms with Crippen molar-refractivity contribution in [3.63, 3.8) is 0 Å². The maximum absolute atomic E-state index is 12.5. The van der Waals surface area contributed by atoms with Gasteiger partial charge in [-0.2, -0.15) is 0 Å². The molecule has 0 saturated carbocycles. The summed E-state index contributed by atoms with van der Waals surface area (Å²) in [5.41, 5.74) is 0.958. The third kappa shape index (κ3) is 5.04. The Labute approximate surface area is 153 Å². The van der Waals surface area contributed by atoms with E-state index in [0.29, 0.717) is 10.7 Å². The van der Waals surface area contributed by atoms with Crippen molar-refractivity contribution >= 4 is 33.2 Å². The molecule has 2 rings (SSSR count). The normalized spacial score (nSPS) is 12.0. The van der Waals surface area contributed by atoms with Crippen LogP contribution >= 0.6 is 11.6 Å². The van der Waals surface area contributed by atoms with Gasteiger partial charge in [-0.1, -0.05) is 23.7 Å². The molecule has 0 aliphatic heterocycles. The van der Waals surface area contributed by atoms with Crippen LogP contribution in [-0.4, -0.2) is 19.9 Å². The van der Waals surface area contributed by atoms with Crippen LogP contribution in [0.3, 0.4) is 0 Å². The molecular formula is C18H21ClN2O3S. The molecule has 2 aromatic rings. The monoisotopic (exact) mass is 380 g/mol. The number of anilines is 1. The van der Waals surface area contributed by atoms with Crippen LogP contribution in [0.2, 0.25) is 5.02 Å². The van der Waals surface area contributed by atoms with E-state index < -0.39 is 21.5 Å². The number of hydrogen-bond donors (Lipinski definition) is 2. The summed E-state index contributed by atoms with van der Waals surface area (Å²) in [6, 6.07) is 11.1. The number of nitrogens with one attached hydrogen (secondary N) is 2. The van der Waals surface area contributed by atoms with Crippen molar-refractivity contribution in [1.82, 2.24) is 4.72 Å². The number of hydrogen-bond acceptors (Lipinski definition) is 3. The Kier molecular flexibility index (Phi) is 5.56. The van der Waals surface area contributed by atoms with Crippen LogP contribution in [0, 0.1) is 6.92 Å². The van der Waals surface area contributed by atoms with Crippen LogP contribution < -0.4 is 10.0 Å². The van der Waals surface area contributed by atoms with Gasteiger partial charge in [0.25, 0.3) is 5.91 Å². The van der Waals surface area contributed by atoms with Crippen LogP contribution in [-0.2, 0) is 10.0 Å². The van der Waals surface area contributed by atoms with E-state index in [1.165, 1.54) is 18.2 Å². The molecule has 0 aromatic heterocycles. The first-order chi connectivity index (χ1) is 11.5. The van der Waals surface area contributed by atoms with Gasteiger partial charge in [-0.15, -0.1) is 0 Å². The maximum Gasteiger partial charge on any atom is 0.255 e. The average molecular weight is 381 g/mol. The fourth-order valence-electron chi connectivity index (χ4n) is 2.20. The number of rotatable bonds is 4. The Morgan fingerprint density at radius 2 is 1.72 bits per heavy atom. The van der Waals surface area contributed by atoms with Crippen LogP contribution in [0.1, 0.15) is 36.7 Å². The molecule has 5 nitrogen and oxygen atoms in total. The molecular weight excluding hydrogens is 360 g/mol. The minimum absolute atomic E-state index is 0.0397. The van der Waals surface area contributed by atoms with E-state index >= 15 is 0 Å². The number of halogens is 1.